The SMILES string of the molecule is CCCN(CC1Cc2cc(Br)ccc2O1)C1CNC1. The van der Waals surface area contributed by atoms with Crippen molar-refractivity contribution in [2.75, 3.05) is 26.2 Å². The molecule has 1 fully saturated rings. The van der Waals surface area contributed by atoms with E-state index in [2.05, 4.69) is 51.3 Å². The largest absolute Gasteiger partial charge is 0.488 e. The van der Waals surface area contributed by atoms with E-state index in [9.17, 15) is 0 Å². The van der Waals surface area contributed by atoms with Gasteiger partial charge in [-0.2, -0.15) is 0 Å². The number of rotatable bonds is 5. The highest BCUT2D eigenvalue weighted by Gasteiger charge is 2.30. The first-order valence-corrected chi connectivity index (χ1v) is 7.95. The molecule has 104 valence electrons. The Kier molecular flexibility index (Phi) is 4.10. The average Bonchev–Trinajstić information content (AvgIpc) is 2.68. The summed E-state index contributed by atoms with van der Waals surface area (Å²) in [6.07, 6.45) is 2.56. The van der Waals surface area contributed by atoms with Crippen LogP contribution in [0.25, 0.3) is 0 Å². The molecule has 0 spiro atoms. The van der Waals surface area contributed by atoms with Gasteiger partial charge in [-0.25, -0.2) is 0 Å². The van der Waals surface area contributed by atoms with Crippen LogP contribution in [0.2, 0.25) is 0 Å². The lowest BCUT2D eigenvalue weighted by Crippen LogP contribution is -2.59. The van der Waals surface area contributed by atoms with Crippen LogP contribution in [-0.2, 0) is 6.42 Å². The third-order valence-corrected chi connectivity index (χ3v) is 4.48. The van der Waals surface area contributed by atoms with Gasteiger partial charge < -0.3 is 10.1 Å². The lowest BCUT2D eigenvalue weighted by molar-refractivity contribution is 0.0903. The Hall–Kier alpha value is -0.580. The molecule has 0 amide bonds. The van der Waals surface area contributed by atoms with Crippen LogP contribution in [0.15, 0.2) is 22.7 Å². The van der Waals surface area contributed by atoms with Gasteiger partial charge in [0.1, 0.15) is 11.9 Å². The highest BCUT2D eigenvalue weighted by molar-refractivity contribution is 9.10. The molecule has 0 bridgehead atoms. The fraction of sp³-hybridized carbons (Fsp3) is 0.600. The fourth-order valence-electron chi connectivity index (χ4n) is 2.89. The number of hydrogen-bond donors (Lipinski definition) is 1. The maximum atomic E-state index is 6.07. The summed E-state index contributed by atoms with van der Waals surface area (Å²) in [5.74, 6) is 1.07. The van der Waals surface area contributed by atoms with E-state index in [1.165, 1.54) is 18.5 Å². The molecule has 0 aromatic heterocycles. The first-order valence-electron chi connectivity index (χ1n) is 7.16. The lowest BCUT2D eigenvalue weighted by atomic mass is 10.1. The first kappa shape index (κ1) is 13.4. The molecule has 19 heavy (non-hydrogen) atoms. The normalized spacial score (nSPS) is 22.2. The number of nitrogens with zero attached hydrogens (tertiary/aromatic N) is 1. The van der Waals surface area contributed by atoms with Gasteiger partial charge in [0.2, 0.25) is 0 Å². The second-order valence-corrected chi connectivity index (χ2v) is 6.42. The molecule has 1 aromatic rings. The van der Waals surface area contributed by atoms with Crippen molar-refractivity contribution in [2.24, 2.45) is 0 Å². The maximum Gasteiger partial charge on any atom is 0.123 e. The summed E-state index contributed by atoms with van der Waals surface area (Å²) >= 11 is 3.53. The quantitative estimate of drug-likeness (QED) is 0.900. The van der Waals surface area contributed by atoms with E-state index in [0.29, 0.717) is 12.1 Å². The molecule has 2 heterocycles. The monoisotopic (exact) mass is 324 g/mol. The van der Waals surface area contributed by atoms with Crippen LogP contribution >= 0.6 is 15.9 Å². The standard InChI is InChI=1S/C15H21BrN2O/c1-2-5-18(13-8-17-9-13)10-14-7-11-6-12(16)3-4-15(11)19-14/h3-4,6,13-14,17H,2,5,7-10H2,1H3. The molecule has 3 rings (SSSR count). The smallest absolute Gasteiger partial charge is 0.123 e. The predicted molar refractivity (Wildman–Crippen MR) is 80.8 cm³/mol. The van der Waals surface area contributed by atoms with E-state index < -0.39 is 0 Å². The van der Waals surface area contributed by atoms with E-state index in [4.69, 9.17) is 4.74 Å². The molecular formula is C15H21BrN2O. The number of benzene rings is 1. The predicted octanol–water partition coefficient (Wildman–Crippen LogP) is 2.44. The number of hydrogen-bond acceptors (Lipinski definition) is 3. The highest BCUT2D eigenvalue weighted by Crippen LogP contribution is 2.31. The minimum atomic E-state index is 0.316. The molecule has 1 aromatic carbocycles. The van der Waals surface area contributed by atoms with Crippen molar-refractivity contribution in [2.45, 2.75) is 31.9 Å². The molecule has 1 N–H and O–H groups in total. The van der Waals surface area contributed by atoms with Gasteiger partial charge in [-0.1, -0.05) is 22.9 Å². The molecule has 4 heteroatoms. The van der Waals surface area contributed by atoms with Gasteiger partial charge in [0.05, 0.1) is 0 Å². The summed E-state index contributed by atoms with van der Waals surface area (Å²) in [6, 6.07) is 7.03. The summed E-state index contributed by atoms with van der Waals surface area (Å²) in [7, 11) is 0. The van der Waals surface area contributed by atoms with E-state index in [1.807, 2.05) is 0 Å². The van der Waals surface area contributed by atoms with Crippen LogP contribution in [0.5, 0.6) is 5.75 Å². The van der Waals surface area contributed by atoms with Gasteiger partial charge in [-0.05, 0) is 36.7 Å². The minimum absolute atomic E-state index is 0.316. The molecule has 1 saturated heterocycles. The van der Waals surface area contributed by atoms with Crippen LogP contribution in [0.4, 0.5) is 0 Å². The van der Waals surface area contributed by atoms with Gasteiger partial charge in [0.25, 0.3) is 0 Å². The van der Waals surface area contributed by atoms with Crippen molar-refractivity contribution in [3.63, 3.8) is 0 Å². The van der Waals surface area contributed by atoms with E-state index in [0.717, 1.165) is 36.3 Å². The second-order valence-electron chi connectivity index (χ2n) is 5.50. The van der Waals surface area contributed by atoms with E-state index >= 15 is 0 Å². The zero-order valence-electron chi connectivity index (χ0n) is 11.4. The van der Waals surface area contributed by atoms with Crippen molar-refractivity contribution in [3.8, 4) is 5.75 Å². The summed E-state index contributed by atoms with van der Waals surface area (Å²) in [6.45, 7) is 6.73. The van der Waals surface area contributed by atoms with Crippen molar-refractivity contribution >= 4 is 15.9 Å². The lowest BCUT2D eigenvalue weighted by Gasteiger charge is -2.39. The van der Waals surface area contributed by atoms with Gasteiger partial charge in [0, 0.05) is 36.6 Å². The Morgan fingerprint density at radius 3 is 2.95 bits per heavy atom. The Bertz CT molecular complexity index is 448. The molecule has 0 saturated carbocycles. The van der Waals surface area contributed by atoms with Gasteiger partial charge in [-0.15, -0.1) is 0 Å². The highest BCUT2D eigenvalue weighted by atomic mass is 79.9. The molecule has 1 atom stereocenters. The molecular weight excluding hydrogens is 304 g/mol. The molecule has 2 aliphatic heterocycles. The maximum absolute atomic E-state index is 6.07. The summed E-state index contributed by atoms with van der Waals surface area (Å²) in [5.41, 5.74) is 1.34. The third-order valence-electron chi connectivity index (χ3n) is 3.99. The van der Waals surface area contributed by atoms with Crippen LogP contribution in [0.3, 0.4) is 0 Å². The topological polar surface area (TPSA) is 24.5 Å². The first-order chi connectivity index (χ1) is 9.26. The van der Waals surface area contributed by atoms with E-state index in [1.54, 1.807) is 0 Å². The summed E-state index contributed by atoms with van der Waals surface area (Å²) in [4.78, 5) is 2.59. The zero-order valence-corrected chi connectivity index (χ0v) is 12.9. The van der Waals surface area contributed by atoms with Crippen LogP contribution in [-0.4, -0.2) is 43.2 Å². The van der Waals surface area contributed by atoms with Crippen LogP contribution in [0, 0.1) is 0 Å². The van der Waals surface area contributed by atoms with Crippen molar-refractivity contribution in [1.82, 2.24) is 10.2 Å². The summed E-state index contributed by atoms with van der Waals surface area (Å²) < 4.78 is 7.22. The second kappa shape index (κ2) is 5.81. The Morgan fingerprint density at radius 1 is 1.42 bits per heavy atom. The van der Waals surface area contributed by atoms with Gasteiger partial charge in [0.15, 0.2) is 0 Å². The van der Waals surface area contributed by atoms with Gasteiger partial charge in [-0.3, -0.25) is 4.90 Å². The third kappa shape index (κ3) is 2.96. The molecule has 1 unspecified atom stereocenters. The van der Waals surface area contributed by atoms with Crippen molar-refractivity contribution in [3.05, 3.63) is 28.2 Å². The molecule has 0 radical (unpaired) electrons. The Balaban J connectivity index is 1.62. The van der Waals surface area contributed by atoms with Crippen LogP contribution < -0.4 is 10.1 Å². The minimum Gasteiger partial charge on any atom is -0.488 e. The van der Waals surface area contributed by atoms with Gasteiger partial charge >= 0.3 is 0 Å². The molecule has 2 aliphatic rings. The summed E-state index contributed by atoms with van der Waals surface area (Å²) in [5, 5.41) is 3.36. The Morgan fingerprint density at radius 2 is 2.26 bits per heavy atom. The Labute approximate surface area is 123 Å². The zero-order chi connectivity index (χ0) is 13.2. The molecule has 3 nitrogen and oxygen atoms in total. The van der Waals surface area contributed by atoms with E-state index in [-0.39, 0.29) is 0 Å². The number of halogens is 1. The number of nitrogens with one attached hydrogen (secondary N) is 1. The fourth-order valence-corrected chi connectivity index (χ4v) is 3.30. The molecule has 0 aliphatic carbocycles. The average molecular weight is 325 g/mol. The number of ether oxygens (including phenoxy) is 1. The van der Waals surface area contributed by atoms with Crippen LogP contribution in [0.1, 0.15) is 18.9 Å². The van der Waals surface area contributed by atoms with Crippen molar-refractivity contribution in [1.29, 1.82) is 0 Å². The number of fused-ring (bicyclic) bond motifs is 1. The van der Waals surface area contributed by atoms with Crippen molar-refractivity contribution < 1.29 is 4.74 Å².